The van der Waals surface area contributed by atoms with Crippen LogP contribution in [0.2, 0.25) is 5.02 Å². The number of aromatic amines is 1. The minimum absolute atomic E-state index is 0.0613. The summed E-state index contributed by atoms with van der Waals surface area (Å²) in [6.07, 6.45) is 2.57. The molecule has 6 nitrogen and oxygen atoms in total. The van der Waals surface area contributed by atoms with Crippen LogP contribution in [0.1, 0.15) is 28.0 Å². The second-order valence-corrected chi connectivity index (χ2v) is 6.44. The molecule has 0 aliphatic carbocycles. The number of H-pyrrole nitrogens is 1. The highest BCUT2D eigenvalue weighted by Gasteiger charge is 2.30. The molecule has 7 heteroatoms. The van der Waals surface area contributed by atoms with Crippen molar-refractivity contribution in [2.45, 2.75) is 25.8 Å². The van der Waals surface area contributed by atoms with E-state index in [-0.39, 0.29) is 17.9 Å². The molecule has 126 valence electrons. The van der Waals surface area contributed by atoms with Crippen LogP contribution in [0.4, 0.5) is 0 Å². The molecule has 1 aliphatic heterocycles. The lowest BCUT2D eigenvalue weighted by atomic mass is 10.1. The Balaban J connectivity index is 1.54. The Morgan fingerprint density at radius 2 is 2.33 bits per heavy atom. The Labute approximate surface area is 145 Å². The van der Waals surface area contributed by atoms with E-state index in [1.807, 2.05) is 24.3 Å². The average molecular weight is 347 g/mol. The van der Waals surface area contributed by atoms with Gasteiger partial charge in [0.15, 0.2) is 0 Å². The minimum atomic E-state index is -0.198. The molecule has 2 aromatic rings. The van der Waals surface area contributed by atoms with Gasteiger partial charge in [0.1, 0.15) is 0 Å². The molecule has 0 bridgehead atoms. The molecule has 1 fully saturated rings. The smallest absolute Gasteiger partial charge is 0.255 e. The van der Waals surface area contributed by atoms with E-state index in [1.165, 1.54) is 6.20 Å². The second-order valence-electron chi connectivity index (χ2n) is 6.00. The van der Waals surface area contributed by atoms with E-state index in [1.54, 1.807) is 11.8 Å². The Bertz CT molecular complexity index is 759. The first-order chi connectivity index (χ1) is 11.5. The van der Waals surface area contributed by atoms with Crippen molar-refractivity contribution < 1.29 is 9.59 Å². The minimum Gasteiger partial charge on any atom is -0.347 e. The van der Waals surface area contributed by atoms with Crippen molar-refractivity contribution in [1.82, 2.24) is 20.4 Å². The van der Waals surface area contributed by atoms with Crippen LogP contribution in [0, 0.1) is 6.92 Å². The van der Waals surface area contributed by atoms with E-state index >= 15 is 0 Å². The van der Waals surface area contributed by atoms with Crippen molar-refractivity contribution in [2.75, 3.05) is 13.1 Å². The molecule has 1 atom stereocenters. The maximum Gasteiger partial charge on any atom is 0.255 e. The number of likely N-dealkylation sites (tertiary alicyclic amines) is 1. The van der Waals surface area contributed by atoms with Crippen LogP contribution in [-0.2, 0) is 11.2 Å². The summed E-state index contributed by atoms with van der Waals surface area (Å²) in [7, 11) is 0. The SMILES string of the molecule is Cc1[nH]ncc1C(=O)N[C@H]1CC(=O)N(CCc2cccc(Cl)c2)C1. The molecule has 1 aromatic heterocycles. The predicted octanol–water partition coefficient (Wildman–Crippen LogP) is 1.94. The van der Waals surface area contributed by atoms with Crippen molar-refractivity contribution in [3.8, 4) is 0 Å². The summed E-state index contributed by atoms with van der Waals surface area (Å²) >= 11 is 5.98. The lowest BCUT2D eigenvalue weighted by Crippen LogP contribution is -2.37. The maximum atomic E-state index is 12.2. The number of halogens is 1. The quantitative estimate of drug-likeness (QED) is 0.868. The monoisotopic (exact) mass is 346 g/mol. The van der Waals surface area contributed by atoms with Gasteiger partial charge in [-0.25, -0.2) is 0 Å². The number of carbonyl (C=O) groups is 2. The van der Waals surface area contributed by atoms with Gasteiger partial charge in [-0.3, -0.25) is 14.7 Å². The molecular weight excluding hydrogens is 328 g/mol. The van der Waals surface area contributed by atoms with Crippen LogP contribution in [0.5, 0.6) is 0 Å². The van der Waals surface area contributed by atoms with Gasteiger partial charge in [-0.1, -0.05) is 23.7 Å². The van der Waals surface area contributed by atoms with Crippen LogP contribution >= 0.6 is 11.6 Å². The van der Waals surface area contributed by atoms with E-state index in [9.17, 15) is 9.59 Å². The number of nitrogens with zero attached hydrogens (tertiary/aromatic N) is 2. The highest BCUT2D eigenvalue weighted by Crippen LogP contribution is 2.15. The standard InChI is InChI=1S/C17H19ClN4O2/c1-11-15(9-19-21-11)17(24)20-14-8-16(23)22(10-14)6-5-12-3-2-4-13(18)7-12/h2-4,7,9,14H,5-6,8,10H2,1H3,(H,19,21)(H,20,24)/t14-/m0/s1. The normalized spacial score (nSPS) is 17.3. The number of benzene rings is 1. The summed E-state index contributed by atoms with van der Waals surface area (Å²) in [5, 5.41) is 10.2. The first-order valence-corrected chi connectivity index (χ1v) is 8.24. The molecule has 1 saturated heterocycles. The van der Waals surface area contributed by atoms with Gasteiger partial charge >= 0.3 is 0 Å². The third-order valence-electron chi connectivity index (χ3n) is 4.18. The van der Waals surface area contributed by atoms with Gasteiger partial charge in [0.25, 0.3) is 5.91 Å². The second kappa shape index (κ2) is 7.05. The van der Waals surface area contributed by atoms with E-state index < -0.39 is 0 Å². The van der Waals surface area contributed by atoms with Crippen LogP contribution in [-0.4, -0.2) is 46.0 Å². The Hall–Kier alpha value is -2.34. The zero-order chi connectivity index (χ0) is 17.1. The van der Waals surface area contributed by atoms with Crippen LogP contribution < -0.4 is 5.32 Å². The summed E-state index contributed by atoms with van der Waals surface area (Å²) < 4.78 is 0. The lowest BCUT2D eigenvalue weighted by molar-refractivity contribution is -0.127. The fourth-order valence-corrected chi connectivity index (χ4v) is 3.10. The number of hydrogen-bond donors (Lipinski definition) is 2. The maximum absolute atomic E-state index is 12.2. The zero-order valence-corrected chi connectivity index (χ0v) is 14.1. The molecule has 3 rings (SSSR count). The van der Waals surface area contributed by atoms with E-state index in [0.717, 1.165) is 17.7 Å². The zero-order valence-electron chi connectivity index (χ0n) is 13.4. The van der Waals surface area contributed by atoms with E-state index in [4.69, 9.17) is 11.6 Å². The number of carbonyl (C=O) groups excluding carboxylic acids is 2. The van der Waals surface area contributed by atoms with Crippen molar-refractivity contribution in [3.63, 3.8) is 0 Å². The topological polar surface area (TPSA) is 78.1 Å². The average Bonchev–Trinajstić information content (AvgIpc) is 3.11. The Morgan fingerprint density at radius 3 is 3.04 bits per heavy atom. The summed E-state index contributed by atoms with van der Waals surface area (Å²) in [4.78, 5) is 26.1. The van der Waals surface area contributed by atoms with Gasteiger partial charge in [0.05, 0.1) is 17.8 Å². The molecule has 2 N–H and O–H groups in total. The molecule has 0 unspecified atom stereocenters. The molecule has 1 aromatic carbocycles. The van der Waals surface area contributed by atoms with Gasteiger partial charge in [-0.05, 0) is 31.0 Å². The van der Waals surface area contributed by atoms with Gasteiger partial charge in [0, 0.05) is 30.2 Å². The van der Waals surface area contributed by atoms with Crippen molar-refractivity contribution in [3.05, 3.63) is 52.3 Å². The summed E-state index contributed by atoms with van der Waals surface area (Å²) in [5.74, 6) is -0.137. The van der Waals surface area contributed by atoms with Gasteiger partial charge < -0.3 is 10.2 Å². The molecule has 2 amide bonds. The summed E-state index contributed by atoms with van der Waals surface area (Å²) in [5.41, 5.74) is 2.33. The third-order valence-corrected chi connectivity index (χ3v) is 4.42. The van der Waals surface area contributed by atoms with Crippen LogP contribution in [0.3, 0.4) is 0 Å². The largest absolute Gasteiger partial charge is 0.347 e. The number of nitrogens with one attached hydrogen (secondary N) is 2. The molecule has 0 saturated carbocycles. The van der Waals surface area contributed by atoms with Gasteiger partial charge in [-0.15, -0.1) is 0 Å². The summed E-state index contributed by atoms with van der Waals surface area (Å²) in [6, 6.07) is 7.46. The molecule has 2 heterocycles. The summed E-state index contributed by atoms with van der Waals surface area (Å²) in [6.45, 7) is 2.94. The molecule has 0 radical (unpaired) electrons. The number of aromatic nitrogens is 2. The van der Waals surface area contributed by atoms with Crippen molar-refractivity contribution >= 4 is 23.4 Å². The lowest BCUT2D eigenvalue weighted by Gasteiger charge is -2.17. The highest BCUT2D eigenvalue weighted by atomic mass is 35.5. The number of amides is 2. The van der Waals surface area contributed by atoms with E-state index in [2.05, 4.69) is 15.5 Å². The number of hydrogen-bond acceptors (Lipinski definition) is 3. The fourth-order valence-electron chi connectivity index (χ4n) is 2.88. The fraction of sp³-hybridized carbons (Fsp3) is 0.353. The Morgan fingerprint density at radius 1 is 1.50 bits per heavy atom. The van der Waals surface area contributed by atoms with Crippen molar-refractivity contribution in [1.29, 1.82) is 0 Å². The third kappa shape index (κ3) is 3.76. The first-order valence-electron chi connectivity index (χ1n) is 7.86. The number of aryl methyl sites for hydroxylation is 1. The Kier molecular flexibility index (Phi) is 4.85. The van der Waals surface area contributed by atoms with Crippen LogP contribution in [0.25, 0.3) is 0 Å². The molecule has 1 aliphatic rings. The molecular formula is C17H19ClN4O2. The predicted molar refractivity (Wildman–Crippen MR) is 90.9 cm³/mol. The van der Waals surface area contributed by atoms with Gasteiger partial charge in [-0.2, -0.15) is 5.10 Å². The van der Waals surface area contributed by atoms with Gasteiger partial charge in [0.2, 0.25) is 5.91 Å². The molecule has 0 spiro atoms. The highest BCUT2D eigenvalue weighted by molar-refractivity contribution is 6.30. The number of rotatable bonds is 5. The van der Waals surface area contributed by atoms with Crippen LogP contribution in [0.15, 0.2) is 30.5 Å². The molecule has 24 heavy (non-hydrogen) atoms. The van der Waals surface area contributed by atoms with E-state index in [0.29, 0.717) is 30.1 Å². The first kappa shape index (κ1) is 16.5. The van der Waals surface area contributed by atoms with Crippen molar-refractivity contribution in [2.24, 2.45) is 0 Å².